The van der Waals surface area contributed by atoms with Gasteiger partial charge >= 0.3 is 0 Å². The third-order valence-corrected chi connectivity index (χ3v) is 7.60. The smallest absolute Gasteiger partial charge is 0.231 e. The summed E-state index contributed by atoms with van der Waals surface area (Å²) in [5.74, 6) is 4.68. The van der Waals surface area contributed by atoms with Gasteiger partial charge in [-0.3, -0.25) is 0 Å². The van der Waals surface area contributed by atoms with Gasteiger partial charge in [-0.05, 0) is 19.3 Å². The predicted octanol–water partition coefficient (Wildman–Crippen LogP) is 2.59. The van der Waals surface area contributed by atoms with Crippen molar-refractivity contribution in [2.75, 3.05) is 11.5 Å². The molecular formula is C13H19N3OS2. The summed E-state index contributed by atoms with van der Waals surface area (Å²) in [6.45, 7) is 2.27. The molecule has 3 aliphatic rings. The third kappa shape index (κ3) is 2.21. The van der Waals surface area contributed by atoms with Gasteiger partial charge in [0.15, 0.2) is 5.82 Å². The molecule has 2 bridgehead atoms. The third-order valence-electron chi connectivity index (χ3n) is 4.52. The van der Waals surface area contributed by atoms with E-state index in [4.69, 9.17) is 9.51 Å². The van der Waals surface area contributed by atoms with Crippen molar-refractivity contribution in [3.05, 3.63) is 11.7 Å². The first-order chi connectivity index (χ1) is 9.31. The average Bonchev–Trinajstić information content (AvgIpc) is 3.15. The molecule has 4 rings (SSSR count). The minimum absolute atomic E-state index is 0.405. The first-order valence-corrected chi connectivity index (χ1v) is 9.24. The van der Waals surface area contributed by atoms with Crippen LogP contribution in [-0.4, -0.2) is 39.0 Å². The Bertz CT molecular complexity index is 450. The molecule has 0 radical (unpaired) electrons. The van der Waals surface area contributed by atoms with Crippen molar-refractivity contribution in [1.29, 1.82) is 0 Å². The second-order valence-corrected chi connectivity index (χ2v) is 8.48. The molecule has 104 valence electrons. The van der Waals surface area contributed by atoms with Crippen LogP contribution in [0.3, 0.4) is 0 Å². The van der Waals surface area contributed by atoms with Gasteiger partial charge < -0.3 is 9.84 Å². The second kappa shape index (κ2) is 4.97. The largest absolute Gasteiger partial charge is 0.339 e. The summed E-state index contributed by atoms with van der Waals surface area (Å²) in [4.78, 5) is 4.73. The second-order valence-electron chi connectivity index (χ2n) is 5.75. The summed E-state index contributed by atoms with van der Waals surface area (Å²) < 4.78 is 5.58. The standard InChI is InChI=1S/C13H19N3OS2/c1-7-11(19-5-4-18-7)12-15-13(17-16-12)9-6-8-2-3-10(9)14-8/h7-11,14H,2-6H2,1H3. The fourth-order valence-electron chi connectivity index (χ4n) is 3.53. The minimum Gasteiger partial charge on any atom is -0.339 e. The highest BCUT2D eigenvalue weighted by Gasteiger charge is 2.43. The number of thioether (sulfide) groups is 2. The van der Waals surface area contributed by atoms with Crippen molar-refractivity contribution < 1.29 is 4.52 Å². The molecule has 1 aromatic heterocycles. The van der Waals surface area contributed by atoms with Gasteiger partial charge in [0.1, 0.15) is 0 Å². The van der Waals surface area contributed by atoms with Crippen LogP contribution in [0.5, 0.6) is 0 Å². The molecule has 4 heterocycles. The quantitative estimate of drug-likeness (QED) is 0.905. The van der Waals surface area contributed by atoms with Crippen LogP contribution in [0.1, 0.15) is 49.1 Å². The molecule has 6 heteroatoms. The zero-order chi connectivity index (χ0) is 12.8. The van der Waals surface area contributed by atoms with E-state index in [0.717, 1.165) is 11.7 Å². The average molecular weight is 297 g/mol. The highest BCUT2D eigenvalue weighted by Crippen LogP contribution is 2.43. The lowest BCUT2D eigenvalue weighted by Gasteiger charge is -2.24. The number of hydrogen-bond acceptors (Lipinski definition) is 6. The summed E-state index contributed by atoms with van der Waals surface area (Å²) in [7, 11) is 0. The molecular weight excluding hydrogens is 278 g/mol. The molecule has 0 aromatic carbocycles. The molecule has 5 atom stereocenters. The van der Waals surface area contributed by atoms with Gasteiger partial charge in [-0.25, -0.2) is 0 Å². The summed E-state index contributed by atoms with van der Waals surface area (Å²) in [6, 6.07) is 1.26. The first-order valence-electron chi connectivity index (χ1n) is 7.14. The van der Waals surface area contributed by atoms with Gasteiger partial charge in [-0.15, -0.1) is 11.8 Å². The molecule has 3 aliphatic heterocycles. The Labute approximate surface area is 121 Å². The highest BCUT2D eigenvalue weighted by atomic mass is 32.2. The van der Waals surface area contributed by atoms with Crippen LogP contribution in [0.15, 0.2) is 4.52 Å². The molecule has 5 unspecified atom stereocenters. The van der Waals surface area contributed by atoms with E-state index in [2.05, 4.69) is 17.4 Å². The lowest BCUT2D eigenvalue weighted by molar-refractivity contribution is 0.326. The maximum absolute atomic E-state index is 5.58. The van der Waals surface area contributed by atoms with E-state index in [9.17, 15) is 0 Å². The Morgan fingerprint density at radius 3 is 2.89 bits per heavy atom. The van der Waals surface area contributed by atoms with Gasteiger partial charge in [0.05, 0.1) is 11.2 Å². The molecule has 19 heavy (non-hydrogen) atoms. The van der Waals surface area contributed by atoms with E-state index in [-0.39, 0.29) is 0 Å². The fourth-order valence-corrected chi connectivity index (χ4v) is 6.21. The molecule has 0 aliphatic carbocycles. The van der Waals surface area contributed by atoms with Crippen LogP contribution in [0.25, 0.3) is 0 Å². The Morgan fingerprint density at radius 1 is 1.26 bits per heavy atom. The normalized spacial score (nSPS) is 41.8. The van der Waals surface area contributed by atoms with Gasteiger partial charge in [0.25, 0.3) is 0 Å². The van der Waals surface area contributed by atoms with E-state index in [1.165, 1.54) is 30.8 Å². The monoisotopic (exact) mass is 297 g/mol. The SMILES string of the molecule is CC1SCCSC1c1noc(C2CC3CCC2N3)n1. The Kier molecular flexibility index (Phi) is 3.28. The van der Waals surface area contributed by atoms with Crippen LogP contribution in [0.4, 0.5) is 0 Å². The van der Waals surface area contributed by atoms with Crippen molar-refractivity contribution >= 4 is 23.5 Å². The van der Waals surface area contributed by atoms with Crippen LogP contribution in [0, 0.1) is 0 Å². The topological polar surface area (TPSA) is 51.0 Å². The molecule has 0 amide bonds. The Morgan fingerprint density at radius 2 is 2.16 bits per heavy atom. The van der Waals surface area contributed by atoms with Gasteiger partial charge in [0, 0.05) is 28.8 Å². The molecule has 1 N–H and O–H groups in total. The zero-order valence-electron chi connectivity index (χ0n) is 11.0. The maximum Gasteiger partial charge on any atom is 0.231 e. The van der Waals surface area contributed by atoms with Crippen LogP contribution >= 0.6 is 23.5 Å². The highest BCUT2D eigenvalue weighted by molar-refractivity contribution is 8.06. The van der Waals surface area contributed by atoms with Gasteiger partial charge in [0.2, 0.25) is 5.89 Å². The van der Waals surface area contributed by atoms with E-state index in [1.807, 2.05) is 23.5 Å². The van der Waals surface area contributed by atoms with E-state index in [1.54, 1.807) is 0 Å². The van der Waals surface area contributed by atoms with Crippen LogP contribution in [-0.2, 0) is 0 Å². The first kappa shape index (κ1) is 12.5. The van der Waals surface area contributed by atoms with E-state index < -0.39 is 0 Å². The summed E-state index contributed by atoms with van der Waals surface area (Å²) in [5, 5.41) is 8.90. The maximum atomic E-state index is 5.58. The van der Waals surface area contributed by atoms with Gasteiger partial charge in [-0.2, -0.15) is 16.7 Å². The van der Waals surface area contributed by atoms with Gasteiger partial charge in [-0.1, -0.05) is 12.1 Å². The van der Waals surface area contributed by atoms with Crippen LogP contribution in [0.2, 0.25) is 0 Å². The number of hydrogen-bond donors (Lipinski definition) is 1. The lowest BCUT2D eigenvalue weighted by Crippen LogP contribution is -2.22. The predicted molar refractivity (Wildman–Crippen MR) is 78.7 cm³/mol. The Hall–Kier alpha value is -0.200. The number of rotatable bonds is 2. The van der Waals surface area contributed by atoms with E-state index in [0.29, 0.717) is 28.5 Å². The van der Waals surface area contributed by atoms with Crippen molar-refractivity contribution in [1.82, 2.24) is 15.5 Å². The summed E-state index contributed by atoms with van der Waals surface area (Å²) in [6.07, 6.45) is 3.75. The Balaban J connectivity index is 1.53. The minimum atomic E-state index is 0.405. The van der Waals surface area contributed by atoms with Crippen LogP contribution < -0.4 is 5.32 Å². The summed E-state index contributed by atoms with van der Waals surface area (Å²) in [5.41, 5.74) is 0. The molecule has 0 saturated carbocycles. The fraction of sp³-hybridized carbons (Fsp3) is 0.846. The zero-order valence-corrected chi connectivity index (χ0v) is 12.7. The van der Waals surface area contributed by atoms with Crippen molar-refractivity contribution in [3.8, 4) is 0 Å². The van der Waals surface area contributed by atoms with Crippen molar-refractivity contribution in [3.63, 3.8) is 0 Å². The molecule has 4 nitrogen and oxygen atoms in total. The molecule has 0 spiro atoms. The lowest BCUT2D eigenvalue weighted by atomic mass is 9.89. The van der Waals surface area contributed by atoms with E-state index >= 15 is 0 Å². The number of aromatic nitrogens is 2. The molecule has 3 fully saturated rings. The summed E-state index contributed by atoms with van der Waals surface area (Å²) >= 11 is 3.99. The molecule has 3 saturated heterocycles. The molecule has 1 aromatic rings. The number of nitrogens with zero attached hydrogens (tertiary/aromatic N) is 2. The number of fused-ring (bicyclic) bond motifs is 2. The number of nitrogens with one attached hydrogen (secondary N) is 1. The van der Waals surface area contributed by atoms with Crippen molar-refractivity contribution in [2.24, 2.45) is 0 Å². The van der Waals surface area contributed by atoms with Crippen molar-refractivity contribution in [2.45, 2.75) is 54.7 Å².